The summed E-state index contributed by atoms with van der Waals surface area (Å²) >= 11 is 0. The molecule has 0 bridgehead atoms. The highest BCUT2D eigenvalue weighted by molar-refractivity contribution is 5.50. The fourth-order valence-electron chi connectivity index (χ4n) is 1.51. The second-order valence-electron chi connectivity index (χ2n) is 3.58. The van der Waals surface area contributed by atoms with E-state index in [0.29, 0.717) is 5.56 Å². The predicted molar refractivity (Wildman–Crippen MR) is 65.8 cm³/mol. The molecular formula is C15H13F. The van der Waals surface area contributed by atoms with Crippen LogP contribution in [0.4, 0.5) is 4.39 Å². The largest absolute Gasteiger partial charge is 0.238 e. The maximum atomic E-state index is 13.7. The number of alkyl halides is 1. The molecule has 1 heteroatoms. The van der Waals surface area contributed by atoms with E-state index in [0.717, 1.165) is 5.56 Å². The lowest BCUT2D eigenvalue weighted by Gasteiger charge is -2.02. The summed E-state index contributed by atoms with van der Waals surface area (Å²) in [6.45, 7) is 0. The van der Waals surface area contributed by atoms with E-state index >= 15 is 0 Å². The van der Waals surface area contributed by atoms with Gasteiger partial charge in [0.15, 0.2) is 0 Å². The van der Waals surface area contributed by atoms with Crippen molar-refractivity contribution in [3.63, 3.8) is 0 Å². The van der Waals surface area contributed by atoms with Gasteiger partial charge in [0.25, 0.3) is 0 Å². The minimum absolute atomic E-state index is 0.690. The first-order chi connectivity index (χ1) is 7.86. The van der Waals surface area contributed by atoms with Gasteiger partial charge in [-0.25, -0.2) is 4.39 Å². The van der Waals surface area contributed by atoms with Gasteiger partial charge in [-0.2, -0.15) is 0 Å². The third-order valence-electron chi connectivity index (χ3n) is 2.38. The zero-order valence-corrected chi connectivity index (χ0v) is 8.88. The van der Waals surface area contributed by atoms with Crippen LogP contribution in [0.25, 0.3) is 6.08 Å². The minimum Gasteiger partial charge on any atom is -0.238 e. The van der Waals surface area contributed by atoms with Crippen LogP contribution < -0.4 is 0 Å². The third kappa shape index (κ3) is 2.80. The maximum absolute atomic E-state index is 13.7. The van der Waals surface area contributed by atoms with Crippen molar-refractivity contribution in [1.82, 2.24) is 0 Å². The molecule has 0 aliphatic carbocycles. The van der Waals surface area contributed by atoms with E-state index in [-0.39, 0.29) is 0 Å². The molecule has 0 nitrogen and oxygen atoms in total. The van der Waals surface area contributed by atoms with Crippen molar-refractivity contribution in [3.05, 3.63) is 77.9 Å². The van der Waals surface area contributed by atoms with Gasteiger partial charge in [-0.15, -0.1) is 0 Å². The summed E-state index contributed by atoms with van der Waals surface area (Å²) in [5.74, 6) is 0. The third-order valence-corrected chi connectivity index (χ3v) is 2.38. The Morgan fingerprint density at radius 1 is 0.812 bits per heavy atom. The molecule has 0 aliphatic heterocycles. The Kier molecular flexibility index (Phi) is 3.50. The van der Waals surface area contributed by atoms with Crippen molar-refractivity contribution in [1.29, 1.82) is 0 Å². The summed E-state index contributed by atoms with van der Waals surface area (Å²) in [5, 5.41) is 0. The number of hydrogen-bond donors (Lipinski definition) is 0. The highest BCUT2D eigenvalue weighted by Crippen LogP contribution is 2.19. The number of halogens is 1. The molecule has 0 spiro atoms. The molecule has 80 valence electrons. The minimum atomic E-state index is -1.04. The summed E-state index contributed by atoms with van der Waals surface area (Å²) < 4.78 is 13.7. The molecule has 0 saturated carbocycles. The van der Waals surface area contributed by atoms with Crippen LogP contribution in [0.5, 0.6) is 0 Å². The Morgan fingerprint density at radius 2 is 1.38 bits per heavy atom. The van der Waals surface area contributed by atoms with Crippen LogP contribution in [-0.2, 0) is 0 Å². The Morgan fingerprint density at radius 3 is 2.00 bits per heavy atom. The predicted octanol–water partition coefficient (Wildman–Crippen LogP) is 4.41. The fourth-order valence-corrected chi connectivity index (χ4v) is 1.51. The normalized spacial score (nSPS) is 12.8. The highest BCUT2D eigenvalue weighted by atomic mass is 19.1. The van der Waals surface area contributed by atoms with Crippen molar-refractivity contribution in [2.45, 2.75) is 6.17 Å². The van der Waals surface area contributed by atoms with Crippen LogP contribution >= 0.6 is 0 Å². The van der Waals surface area contributed by atoms with Crippen LogP contribution in [0.2, 0.25) is 0 Å². The van der Waals surface area contributed by atoms with Crippen molar-refractivity contribution >= 4 is 6.08 Å². The van der Waals surface area contributed by atoms with Gasteiger partial charge in [-0.3, -0.25) is 0 Å². The van der Waals surface area contributed by atoms with E-state index in [1.54, 1.807) is 24.3 Å². The van der Waals surface area contributed by atoms with Crippen LogP contribution in [0.3, 0.4) is 0 Å². The van der Waals surface area contributed by atoms with E-state index in [4.69, 9.17) is 0 Å². The second-order valence-corrected chi connectivity index (χ2v) is 3.58. The molecule has 0 amide bonds. The highest BCUT2D eigenvalue weighted by Gasteiger charge is 2.03. The van der Waals surface area contributed by atoms with Crippen molar-refractivity contribution < 1.29 is 4.39 Å². The SMILES string of the molecule is FC(/C=C/c1ccccc1)c1ccccc1. The van der Waals surface area contributed by atoms with E-state index < -0.39 is 6.17 Å². The van der Waals surface area contributed by atoms with Crippen LogP contribution in [0, 0.1) is 0 Å². The van der Waals surface area contributed by atoms with Gasteiger partial charge in [-0.05, 0) is 17.2 Å². The number of benzene rings is 2. The van der Waals surface area contributed by atoms with E-state index in [9.17, 15) is 4.39 Å². The van der Waals surface area contributed by atoms with Gasteiger partial charge in [0.05, 0.1) is 0 Å². The summed E-state index contributed by atoms with van der Waals surface area (Å²) in [5.41, 5.74) is 1.70. The molecule has 16 heavy (non-hydrogen) atoms. The van der Waals surface area contributed by atoms with Crippen molar-refractivity contribution in [2.24, 2.45) is 0 Å². The van der Waals surface area contributed by atoms with E-state index in [2.05, 4.69) is 0 Å². The molecule has 0 N–H and O–H groups in total. The first-order valence-electron chi connectivity index (χ1n) is 5.28. The molecular weight excluding hydrogens is 199 g/mol. The Balaban J connectivity index is 2.08. The zero-order valence-electron chi connectivity index (χ0n) is 8.88. The fraction of sp³-hybridized carbons (Fsp3) is 0.0667. The van der Waals surface area contributed by atoms with E-state index in [1.807, 2.05) is 48.5 Å². The van der Waals surface area contributed by atoms with Crippen LogP contribution in [0.15, 0.2) is 66.7 Å². The summed E-state index contributed by atoms with van der Waals surface area (Å²) in [7, 11) is 0. The average molecular weight is 212 g/mol. The zero-order chi connectivity index (χ0) is 11.2. The van der Waals surface area contributed by atoms with Crippen molar-refractivity contribution in [2.75, 3.05) is 0 Å². The molecule has 1 atom stereocenters. The molecule has 0 saturated heterocycles. The monoisotopic (exact) mass is 212 g/mol. The standard InChI is InChI=1S/C15H13F/c16-15(14-9-5-2-6-10-14)12-11-13-7-3-1-4-8-13/h1-12,15H/b12-11+. The topological polar surface area (TPSA) is 0 Å². The van der Waals surface area contributed by atoms with Gasteiger partial charge in [-0.1, -0.05) is 66.7 Å². The van der Waals surface area contributed by atoms with Gasteiger partial charge >= 0.3 is 0 Å². The van der Waals surface area contributed by atoms with Crippen LogP contribution in [-0.4, -0.2) is 0 Å². The smallest absolute Gasteiger partial charge is 0.144 e. The van der Waals surface area contributed by atoms with E-state index in [1.165, 1.54) is 0 Å². The lowest BCUT2D eigenvalue weighted by Crippen LogP contribution is -1.85. The quantitative estimate of drug-likeness (QED) is 0.707. The summed E-state index contributed by atoms with van der Waals surface area (Å²) in [6, 6.07) is 18.9. The first-order valence-corrected chi connectivity index (χ1v) is 5.28. The first kappa shape index (κ1) is 10.6. The average Bonchev–Trinajstić information content (AvgIpc) is 2.38. The molecule has 1 unspecified atom stereocenters. The Hall–Kier alpha value is -1.89. The molecule has 2 aromatic rings. The summed E-state index contributed by atoms with van der Waals surface area (Å²) in [6.07, 6.45) is 2.34. The number of allylic oxidation sites excluding steroid dienone is 1. The molecule has 0 radical (unpaired) electrons. The van der Waals surface area contributed by atoms with Crippen LogP contribution in [0.1, 0.15) is 17.3 Å². The van der Waals surface area contributed by atoms with Gasteiger partial charge < -0.3 is 0 Å². The number of rotatable bonds is 3. The molecule has 0 aliphatic rings. The van der Waals surface area contributed by atoms with Gasteiger partial charge in [0.2, 0.25) is 0 Å². The number of hydrogen-bond acceptors (Lipinski definition) is 0. The molecule has 2 aromatic carbocycles. The molecule has 0 fully saturated rings. The molecule has 0 heterocycles. The lowest BCUT2D eigenvalue weighted by molar-refractivity contribution is 0.416. The summed E-state index contributed by atoms with van der Waals surface area (Å²) in [4.78, 5) is 0. The Bertz CT molecular complexity index is 445. The van der Waals surface area contributed by atoms with Gasteiger partial charge in [0, 0.05) is 0 Å². The Labute approximate surface area is 95.1 Å². The lowest BCUT2D eigenvalue weighted by atomic mass is 10.1. The van der Waals surface area contributed by atoms with Gasteiger partial charge in [0.1, 0.15) is 6.17 Å². The molecule has 0 aromatic heterocycles. The van der Waals surface area contributed by atoms with Crippen molar-refractivity contribution in [3.8, 4) is 0 Å². The molecule has 2 rings (SSSR count). The second kappa shape index (κ2) is 5.26. The maximum Gasteiger partial charge on any atom is 0.144 e.